The maximum Gasteiger partial charge on any atom is 0.169 e. The molecule has 0 amide bonds. The summed E-state index contributed by atoms with van der Waals surface area (Å²) in [6, 6.07) is 17.9. The van der Waals surface area contributed by atoms with E-state index in [2.05, 4.69) is 9.55 Å². The van der Waals surface area contributed by atoms with Crippen molar-refractivity contribution in [2.75, 3.05) is 0 Å². The van der Waals surface area contributed by atoms with Gasteiger partial charge in [0.1, 0.15) is 0 Å². The SMILES string of the molecule is CC(Sc1nc2ccccc2n1Cc1ccccc1)C(=O)[O-]. The van der Waals surface area contributed by atoms with Crippen LogP contribution in [-0.2, 0) is 11.3 Å². The number of fused-ring (bicyclic) bond motifs is 1. The summed E-state index contributed by atoms with van der Waals surface area (Å²) >= 11 is 1.21. The van der Waals surface area contributed by atoms with E-state index >= 15 is 0 Å². The van der Waals surface area contributed by atoms with Crippen molar-refractivity contribution in [2.45, 2.75) is 23.9 Å². The number of carbonyl (C=O) groups is 1. The van der Waals surface area contributed by atoms with E-state index in [4.69, 9.17) is 0 Å². The minimum absolute atomic E-state index is 0.647. The Labute approximate surface area is 132 Å². The van der Waals surface area contributed by atoms with Crippen molar-refractivity contribution in [1.82, 2.24) is 9.55 Å². The quantitative estimate of drug-likeness (QED) is 0.679. The Balaban J connectivity index is 2.03. The molecule has 1 heterocycles. The molecule has 0 saturated heterocycles. The van der Waals surface area contributed by atoms with Crippen molar-refractivity contribution in [3.05, 3.63) is 60.2 Å². The molecule has 1 atom stereocenters. The lowest BCUT2D eigenvalue weighted by Gasteiger charge is -2.13. The molecule has 2 aromatic carbocycles. The maximum atomic E-state index is 11.0. The van der Waals surface area contributed by atoms with Gasteiger partial charge in [-0.15, -0.1) is 0 Å². The fourth-order valence-electron chi connectivity index (χ4n) is 2.27. The van der Waals surface area contributed by atoms with Crippen LogP contribution in [0.3, 0.4) is 0 Å². The summed E-state index contributed by atoms with van der Waals surface area (Å²) in [5.41, 5.74) is 3.01. The first-order valence-electron chi connectivity index (χ1n) is 7.02. The third-order valence-electron chi connectivity index (χ3n) is 3.42. The summed E-state index contributed by atoms with van der Waals surface area (Å²) in [7, 11) is 0. The topological polar surface area (TPSA) is 58.0 Å². The first-order chi connectivity index (χ1) is 10.6. The Morgan fingerprint density at radius 2 is 1.86 bits per heavy atom. The van der Waals surface area contributed by atoms with Crippen LogP contribution in [0.5, 0.6) is 0 Å². The zero-order valence-corrected chi connectivity index (χ0v) is 12.9. The van der Waals surface area contributed by atoms with E-state index in [1.54, 1.807) is 6.92 Å². The van der Waals surface area contributed by atoms with E-state index in [9.17, 15) is 9.90 Å². The third kappa shape index (κ3) is 2.99. The Morgan fingerprint density at radius 1 is 1.18 bits per heavy atom. The molecule has 4 nitrogen and oxygen atoms in total. The Kier molecular flexibility index (Phi) is 4.15. The van der Waals surface area contributed by atoms with Gasteiger partial charge in [-0.2, -0.15) is 0 Å². The van der Waals surface area contributed by atoms with Crippen molar-refractivity contribution in [3.8, 4) is 0 Å². The van der Waals surface area contributed by atoms with Crippen LogP contribution in [0.15, 0.2) is 59.8 Å². The normalized spacial score (nSPS) is 12.4. The van der Waals surface area contributed by atoms with Crippen LogP contribution >= 0.6 is 11.8 Å². The fraction of sp³-hybridized carbons (Fsp3) is 0.176. The van der Waals surface area contributed by atoms with E-state index in [1.807, 2.05) is 54.6 Å². The second kappa shape index (κ2) is 6.23. The molecule has 22 heavy (non-hydrogen) atoms. The molecule has 0 fully saturated rings. The fourth-order valence-corrected chi connectivity index (χ4v) is 3.12. The lowest BCUT2D eigenvalue weighted by Crippen LogP contribution is -2.31. The number of aliphatic carboxylic acids is 1. The van der Waals surface area contributed by atoms with Crippen molar-refractivity contribution in [3.63, 3.8) is 0 Å². The second-order valence-corrected chi connectivity index (χ2v) is 6.34. The molecule has 3 aromatic rings. The molecule has 0 radical (unpaired) electrons. The number of rotatable bonds is 5. The van der Waals surface area contributed by atoms with Crippen molar-refractivity contribution >= 4 is 28.8 Å². The number of thioether (sulfide) groups is 1. The molecule has 0 saturated carbocycles. The van der Waals surface area contributed by atoms with Gasteiger partial charge in [0.05, 0.1) is 23.5 Å². The Morgan fingerprint density at radius 3 is 2.59 bits per heavy atom. The van der Waals surface area contributed by atoms with Crippen LogP contribution in [0, 0.1) is 0 Å². The van der Waals surface area contributed by atoms with E-state index in [1.165, 1.54) is 11.8 Å². The van der Waals surface area contributed by atoms with E-state index in [0.29, 0.717) is 11.7 Å². The van der Waals surface area contributed by atoms with Crippen LogP contribution in [0.4, 0.5) is 0 Å². The molecule has 3 rings (SSSR count). The first-order valence-corrected chi connectivity index (χ1v) is 7.90. The number of hydrogen-bond donors (Lipinski definition) is 0. The Hall–Kier alpha value is -2.27. The molecule has 5 heteroatoms. The van der Waals surface area contributed by atoms with Gasteiger partial charge in [0.15, 0.2) is 5.16 Å². The average molecular weight is 311 g/mol. The number of imidazole rings is 1. The third-order valence-corrected chi connectivity index (χ3v) is 4.49. The van der Waals surface area contributed by atoms with E-state index < -0.39 is 11.2 Å². The largest absolute Gasteiger partial charge is 0.549 e. The van der Waals surface area contributed by atoms with Crippen molar-refractivity contribution < 1.29 is 9.90 Å². The highest BCUT2D eigenvalue weighted by Gasteiger charge is 2.15. The van der Waals surface area contributed by atoms with Crippen LogP contribution < -0.4 is 5.11 Å². The zero-order valence-electron chi connectivity index (χ0n) is 12.1. The minimum Gasteiger partial charge on any atom is -0.549 e. The highest BCUT2D eigenvalue weighted by Crippen LogP contribution is 2.27. The predicted molar refractivity (Wildman–Crippen MR) is 85.6 cm³/mol. The second-order valence-electron chi connectivity index (χ2n) is 5.03. The van der Waals surface area contributed by atoms with Gasteiger partial charge >= 0.3 is 0 Å². The van der Waals surface area contributed by atoms with E-state index in [-0.39, 0.29) is 0 Å². The average Bonchev–Trinajstić information content (AvgIpc) is 2.86. The van der Waals surface area contributed by atoms with Crippen LogP contribution in [0.25, 0.3) is 11.0 Å². The summed E-state index contributed by atoms with van der Waals surface area (Å²) in [5, 5.41) is 11.1. The molecule has 112 valence electrons. The zero-order chi connectivity index (χ0) is 15.5. The van der Waals surface area contributed by atoms with E-state index in [0.717, 1.165) is 16.6 Å². The predicted octanol–water partition coefficient (Wildman–Crippen LogP) is 2.32. The molecule has 0 bridgehead atoms. The van der Waals surface area contributed by atoms with Gasteiger partial charge in [0, 0.05) is 5.25 Å². The Bertz CT molecular complexity index is 799. The lowest BCUT2D eigenvalue weighted by atomic mass is 10.2. The molecule has 0 spiro atoms. The maximum absolute atomic E-state index is 11.0. The molecular weight excluding hydrogens is 296 g/mol. The standard InChI is InChI=1S/C17H16N2O2S/c1-12(16(20)21)22-17-18-14-9-5-6-10-15(14)19(17)11-13-7-3-2-4-8-13/h2-10,12H,11H2,1H3,(H,20,21)/p-1. The van der Waals surface area contributed by atoms with Gasteiger partial charge in [-0.25, -0.2) is 4.98 Å². The van der Waals surface area contributed by atoms with Crippen LogP contribution in [-0.4, -0.2) is 20.8 Å². The smallest absolute Gasteiger partial charge is 0.169 e. The molecule has 1 unspecified atom stereocenters. The summed E-state index contributed by atoms with van der Waals surface area (Å²) in [5.74, 6) is -1.08. The molecule has 0 aliphatic carbocycles. The number of para-hydroxylation sites is 2. The molecular formula is C17H15N2O2S-. The summed E-state index contributed by atoms with van der Waals surface area (Å²) in [6.45, 7) is 2.27. The monoisotopic (exact) mass is 311 g/mol. The van der Waals surface area contributed by atoms with Crippen molar-refractivity contribution in [2.24, 2.45) is 0 Å². The number of carboxylic acid groups (broad SMARTS) is 1. The molecule has 1 aromatic heterocycles. The van der Waals surface area contributed by atoms with Gasteiger partial charge < -0.3 is 14.5 Å². The number of carbonyl (C=O) groups excluding carboxylic acids is 1. The van der Waals surface area contributed by atoms with Gasteiger partial charge in [0.2, 0.25) is 0 Å². The van der Waals surface area contributed by atoms with Crippen LogP contribution in [0.1, 0.15) is 12.5 Å². The number of carboxylic acids is 1. The van der Waals surface area contributed by atoms with Gasteiger partial charge in [-0.3, -0.25) is 0 Å². The summed E-state index contributed by atoms with van der Waals surface area (Å²) in [4.78, 5) is 15.6. The van der Waals surface area contributed by atoms with Crippen molar-refractivity contribution in [1.29, 1.82) is 0 Å². The van der Waals surface area contributed by atoms with Gasteiger partial charge in [-0.1, -0.05) is 54.2 Å². The molecule has 0 aliphatic heterocycles. The molecule has 0 aliphatic rings. The number of benzene rings is 2. The van der Waals surface area contributed by atoms with Crippen LogP contribution in [0.2, 0.25) is 0 Å². The van der Waals surface area contributed by atoms with Gasteiger partial charge in [0.25, 0.3) is 0 Å². The minimum atomic E-state index is -1.08. The summed E-state index contributed by atoms with van der Waals surface area (Å²) in [6.07, 6.45) is 0. The lowest BCUT2D eigenvalue weighted by molar-refractivity contribution is -0.304. The highest BCUT2D eigenvalue weighted by molar-refractivity contribution is 8.00. The molecule has 0 N–H and O–H groups in total. The van der Waals surface area contributed by atoms with Gasteiger partial charge in [-0.05, 0) is 24.6 Å². The highest BCUT2D eigenvalue weighted by atomic mass is 32.2. The number of aromatic nitrogens is 2. The number of hydrogen-bond acceptors (Lipinski definition) is 4. The first kappa shape index (κ1) is 14.7. The summed E-state index contributed by atoms with van der Waals surface area (Å²) < 4.78 is 2.05. The number of nitrogens with zero attached hydrogens (tertiary/aromatic N) is 2.